The monoisotopic (exact) mass is 352 g/mol. The highest BCUT2D eigenvalue weighted by atomic mass is 35.5. The van der Waals surface area contributed by atoms with E-state index in [-0.39, 0.29) is 19.2 Å². The molecule has 7 heteroatoms. The highest BCUT2D eigenvalue weighted by Gasteiger charge is 2.13. The minimum atomic E-state index is -0.163. The van der Waals surface area contributed by atoms with Gasteiger partial charge in [-0.05, 0) is 35.9 Å². The van der Waals surface area contributed by atoms with Crippen molar-refractivity contribution < 1.29 is 14.3 Å². The molecule has 1 aliphatic heterocycles. The molecule has 0 saturated carbocycles. The maximum absolute atomic E-state index is 11.9. The molecule has 0 spiro atoms. The number of anilines is 1. The van der Waals surface area contributed by atoms with Gasteiger partial charge >= 0.3 is 0 Å². The Morgan fingerprint density at radius 1 is 1.04 bits per heavy atom. The molecular formula is C16H14Cl2N2O3. The molecule has 5 nitrogen and oxygen atoms in total. The largest absolute Gasteiger partial charge is 0.454 e. The number of halogens is 2. The van der Waals surface area contributed by atoms with E-state index in [0.717, 1.165) is 17.1 Å². The lowest BCUT2D eigenvalue weighted by molar-refractivity contribution is -0.115. The Kier molecular flexibility index (Phi) is 4.91. The summed E-state index contributed by atoms with van der Waals surface area (Å²) in [6.45, 7) is 0.971. The van der Waals surface area contributed by atoms with Crippen LogP contribution in [0.3, 0.4) is 0 Å². The van der Waals surface area contributed by atoms with Gasteiger partial charge in [0, 0.05) is 12.2 Å². The Morgan fingerprint density at radius 3 is 2.70 bits per heavy atom. The second kappa shape index (κ2) is 7.08. The first kappa shape index (κ1) is 15.9. The second-order valence-corrected chi connectivity index (χ2v) is 5.78. The van der Waals surface area contributed by atoms with Crippen molar-refractivity contribution in [3.05, 3.63) is 52.0 Å². The van der Waals surface area contributed by atoms with Crippen molar-refractivity contribution in [2.75, 3.05) is 18.7 Å². The Hall–Kier alpha value is -1.95. The van der Waals surface area contributed by atoms with Crippen LogP contribution in [0.25, 0.3) is 0 Å². The molecule has 0 unspecified atom stereocenters. The summed E-state index contributed by atoms with van der Waals surface area (Å²) in [5, 5.41) is 6.67. The molecule has 0 saturated heterocycles. The molecule has 2 aromatic carbocycles. The highest BCUT2D eigenvalue weighted by Crippen LogP contribution is 2.32. The molecule has 0 radical (unpaired) electrons. The molecule has 0 atom stereocenters. The van der Waals surface area contributed by atoms with Gasteiger partial charge in [0.05, 0.1) is 16.6 Å². The summed E-state index contributed by atoms with van der Waals surface area (Å²) in [6, 6.07) is 10.6. The van der Waals surface area contributed by atoms with Crippen LogP contribution in [0, 0.1) is 0 Å². The standard InChI is InChI=1S/C16H14Cl2N2O3/c17-12-3-2-11(6-13(12)18)20-16(21)8-19-7-10-1-4-14-15(5-10)23-9-22-14/h1-6,19H,7-9H2,(H,20,21). The first-order valence-corrected chi connectivity index (χ1v) is 7.71. The minimum Gasteiger partial charge on any atom is -0.454 e. The van der Waals surface area contributed by atoms with Gasteiger partial charge in [-0.3, -0.25) is 4.79 Å². The van der Waals surface area contributed by atoms with Crippen LogP contribution >= 0.6 is 23.2 Å². The summed E-state index contributed by atoms with van der Waals surface area (Å²) >= 11 is 11.7. The Balaban J connectivity index is 1.48. The van der Waals surface area contributed by atoms with Gasteiger partial charge in [-0.1, -0.05) is 29.3 Å². The van der Waals surface area contributed by atoms with E-state index in [1.807, 2.05) is 18.2 Å². The van der Waals surface area contributed by atoms with Crippen LogP contribution < -0.4 is 20.1 Å². The molecule has 2 aromatic rings. The van der Waals surface area contributed by atoms with Gasteiger partial charge in [0.1, 0.15) is 0 Å². The number of hydrogen-bond acceptors (Lipinski definition) is 4. The van der Waals surface area contributed by atoms with Crippen LogP contribution in [0.4, 0.5) is 5.69 Å². The normalized spacial score (nSPS) is 12.3. The van der Waals surface area contributed by atoms with E-state index in [1.54, 1.807) is 18.2 Å². The van der Waals surface area contributed by atoms with Crippen LogP contribution in [0.5, 0.6) is 11.5 Å². The van der Waals surface area contributed by atoms with Crippen molar-refractivity contribution in [1.29, 1.82) is 0 Å². The first-order chi connectivity index (χ1) is 11.1. The summed E-state index contributed by atoms with van der Waals surface area (Å²) in [7, 11) is 0. The SMILES string of the molecule is O=C(CNCc1ccc2c(c1)OCO2)Nc1ccc(Cl)c(Cl)c1. The third kappa shape index (κ3) is 4.07. The minimum absolute atomic E-state index is 0.163. The van der Waals surface area contributed by atoms with Gasteiger partial charge in [-0.25, -0.2) is 0 Å². The predicted octanol–water partition coefficient (Wildman–Crippen LogP) is 3.45. The summed E-state index contributed by atoms with van der Waals surface area (Å²) in [4.78, 5) is 11.9. The van der Waals surface area contributed by atoms with E-state index in [1.165, 1.54) is 0 Å². The van der Waals surface area contributed by atoms with Gasteiger partial charge in [0.15, 0.2) is 11.5 Å². The zero-order valence-corrected chi connectivity index (χ0v) is 13.6. The fourth-order valence-corrected chi connectivity index (χ4v) is 2.45. The number of benzene rings is 2. The van der Waals surface area contributed by atoms with E-state index in [9.17, 15) is 4.79 Å². The summed E-state index contributed by atoms with van der Waals surface area (Å²) in [6.07, 6.45) is 0. The maximum Gasteiger partial charge on any atom is 0.238 e. The lowest BCUT2D eigenvalue weighted by Crippen LogP contribution is -2.27. The molecule has 0 bridgehead atoms. The van der Waals surface area contributed by atoms with Crippen molar-refractivity contribution in [3.63, 3.8) is 0 Å². The molecule has 3 rings (SSSR count). The molecule has 2 N–H and O–H groups in total. The quantitative estimate of drug-likeness (QED) is 0.865. The summed E-state index contributed by atoms with van der Waals surface area (Å²) in [5.74, 6) is 1.31. The third-order valence-electron chi connectivity index (χ3n) is 3.26. The fraction of sp³-hybridized carbons (Fsp3) is 0.188. The third-order valence-corrected chi connectivity index (χ3v) is 3.99. The van der Waals surface area contributed by atoms with Gasteiger partial charge in [0.2, 0.25) is 12.7 Å². The molecule has 120 valence electrons. The lowest BCUT2D eigenvalue weighted by Gasteiger charge is -2.08. The molecule has 23 heavy (non-hydrogen) atoms. The average molecular weight is 353 g/mol. The lowest BCUT2D eigenvalue weighted by atomic mass is 10.2. The van der Waals surface area contributed by atoms with Crippen LogP contribution in [-0.4, -0.2) is 19.2 Å². The number of amides is 1. The number of carbonyl (C=O) groups is 1. The van der Waals surface area contributed by atoms with E-state index in [4.69, 9.17) is 32.7 Å². The van der Waals surface area contributed by atoms with E-state index >= 15 is 0 Å². The maximum atomic E-state index is 11.9. The van der Waals surface area contributed by atoms with E-state index in [2.05, 4.69) is 10.6 Å². The van der Waals surface area contributed by atoms with Crippen LogP contribution in [-0.2, 0) is 11.3 Å². The van der Waals surface area contributed by atoms with Crippen LogP contribution in [0.15, 0.2) is 36.4 Å². The van der Waals surface area contributed by atoms with Gasteiger partial charge < -0.3 is 20.1 Å². The predicted molar refractivity (Wildman–Crippen MR) is 89.4 cm³/mol. The topological polar surface area (TPSA) is 59.6 Å². The van der Waals surface area contributed by atoms with Gasteiger partial charge in [-0.2, -0.15) is 0 Å². The molecule has 1 aliphatic rings. The number of carbonyl (C=O) groups excluding carboxylic acids is 1. The first-order valence-electron chi connectivity index (χ1n) is 6.96. The van der Waals surface area contributed by atoms with Crippen LogP contribution in [0.1, 0.15) is 5.56 Å². The molecule has 0 fully saturated rings. The number of fused-ring (bicyclic) bond motifs is 1. The highest BCUT2D eigenvalue weighted by molar-refractivity contribution is 6.42. The number of ether oxygens (including phenoxy) is 2. The second-order valence-electron chi connectivity index (χ2n) is 4.97. The van der Waals surface area contributed by atoms with Crippen LogP contribution in [0.2, 0.25) is 10.0 Å². The van der Waals surface area contributed by atoms with E-state index < -0.39 is 0 Å². The van der Waals surface area contributed by atoms with Gasteiger partial charge in [-0.15, -0.1) is 0 Å². The zero-order chi connectivity index (χ0) is 16.2. The van der Waals surface area contributed by atoms with Crippen molar-refractivity contribution in [1.82, 2.24) is 5.32 Å². The number of hydrogen-bond donors (Lipinski definition) is 2. The zero-order valence-electron chi connectivity index (χ0n) is 12.1. The Labute approximate surface area is 143 Å². The van der Waals surface area contributed by atoms with Crippen molar-refractivity contribution in [2.45, 2.75) is 6.54 Å². The Bertz CT molecular complexity index is 737. The molecule has 1 amide bonds. The van der Waals surface area contributed by atoms with Crippen molar-refractivity contribution in [2.24, 2.45) is 0 Å². The molecule has 0 aromatic heterocycles. The average Bonchev–Trinajstić information content (AvgIpc) is 2.98. The fourth-order valence-electron chi connectivity index (χ4n) is 2.15. The van der Waals surface area contributed by atoms with E-state index in [0.29, 0.717) is 22.3 Å². The van der Waals surface area contributed by atoms with Gasteiger partial charge in [0.25, 0.3) is 0 Å². The summed E-state index contributed by atoms with van der Waals surface area (Å²) in [5.41, 5.74) is 1.62. The van der Waals surface area contributed by atoms with Crippen molar-refractivity contribution in [3.8, 4) is 11.5 Å². The number of rotatable bonds is 5. The number of nitrogens with one attached hydrogen (secondary N) is 2. The smallest absolute Gasteiger partial charge is 0.238 e. The summed E-state index contributed by atoms with van der Waals surface area (Å²) < 4.78 is 10.6. The molecule has 1 heterocycles. The molecule has 0 aliphatic carbocycles. The van der Waals surface area contributed by atoms with Crippen molar-refractivity contribution >= 4 is 34.8 Å². The molecular weight excluding hydrogens is 339 g/mol. The Morgan fingerprint density at radius 2 is 1.87 bits per heavy atom.